The molecule has 8 nitrogen and oxygen atoms in total. The van der Waals surface area contributed by atoms with Crippen LogP contribution in [0, 0.1) is 5.92 Å². The van der Waals surface area contributed by atoms with Crippen molar-refractivity contribution in [3.63, 3.8) is 0 Å². The Labute approximate surface area is 132 Å². The van der Waals surface area contributed by atoms with E-state index >= 15 is 0 Å². The van der Waals surface area contributed by atoms with Crippen LogP contribution < -0.4 is 4.72 Å². The van der Waals surface area contributed by atoms with Crippen molar-refractivity contribution >= 4 is 22.4 Å². The Kier molecular flexibility index (Phi) is 9.95. The molecule has 0 aromatic heterocycles. The molecule has 0 aromatic carbocycles. The molecule has 130 valence electrons. The van der Waals surface area contributed by atoms with Gasteiger partial charge in [-0.15, -0.1) is 0 Å². The molecule has 0 aliphatic carbocycles. The molecule has 1 atom stereocenters. The standard InChI is InChI=1S/C12H25N3O3S.CH2O2/c1-4-15-8-6-11(10-15)9-14(2)12(16)5-7-13-19(3,17)18;2-1-3/h11,13H,4-10H2,1-3H3;1H,(H,2,3). The highest BCUT2D eigenvalue weighted by Crippen LogP contribution is 2.16. The van der Waals surface area contributed by atoms with E-state index in [1.54, 1.807) is 11.9 Å². The topological polar surface area (TPSA) is 107 Å². The molecule has 9 heteroatoms. The molecule has 1 amide bonds. The van der Waals surface area contributed by atoms with E-state index in [0.717, 1.165) is 38.9 Å². The summed E-state index contributed by atoms with van der Waals surface area (Å²) in [7, 11) is -1.42. The van der Waals surface area contributed by atoms with E-state index in [-0.39, 0.29) is 25.3 Å². The molecule has 0 aromatic rings. The Morgan fingerprint density at radius 3 is 2.55 bits per heavy atom. The highest BCUT2D eigenvalue weighted by atomic mass is 32.2. The van der Waals surface area contributed by atoms with Crippen LogP contribution in [0.4, 0.5) is 0 Å². The van der Waals surface area contributed by atoms with Crippen molar-refractivity contribution in [1.82, 2.24) is 14.5 Å². The lowest BCUT2D eigenvalue weighted by Gasteiger charge is -2.21. The maximum Gasteiger partial charge on any atom is 0.290 e. The van der Waals surface area contributed by atoms with Crippen molar-refractivity contribution in [2.75, 3.05) is 46.0 Å². The van der Waals surface area contributed by atoms with Gasteiger partial charge in [0.05, 0.1) is 6.26 Å². The zero-order valence-electron chi connectivity index (χ0n) is 13.5. The lowest BCUT2D eigenvalue weighted by atomic mass is 10.1. The van der Waals surface area contributed by atoms with Crippen LogP contribution >= 0.6 is 0 Å². The second-order valence-corrected chi connectivity index (χ2v) is 7.18. The van der Waals surface area contributed by atoms with Gasteiger partial charge in [0, 0.05) is 33.1 Å². The lowest BCUT2D eigenvalue weighted by Crippen LogP contribution is -2.35. The van der Waals surface area contributed by atoms with Gasteiger partial charge < -0.3 is 14.9 Å². The van der Waals surface area contributed by atoms with Crippen molar-refractivity contribution in [2.24, 2.45) is 5.92 Å². The molecule has 0 saturated carbocycles. The maximum absolute atomic E-state index is 11.8. The molecule has 1 rings (SSSR count). The third-order valence-electron chi connectivity index (χ3n) is 3.48. The number of nitrogens with zero attached hydrogens (tertiary/aromatic N) is 2. The van der Waals surface area contributed by atoms with Crippen LogP contribution in [0.1, 0.15) is 19.8 Å². The average molecular weight is 337 g/mol. The number of rotatable bonds is 7. The molecule has 1 heterocycles. The van der Waals surface area contributed by atoms with Gasteiger partial charge in [-0.05, 0) is 25.4 Å². The van der Waals surface area contributed by atoms with Gasteiger partial charge in [0.15, 0.2) is 0 Å². The Bertz CT molecular complexity index is 441. The first kappa shape index (κ1) is 20.8. The van der Waals surface area contributed by atoms with E-state index < -0.39 is 10.0 Å². The van der Waals surface area contributed by atoms with E-state index in [1.165, 1.54) is 0 Å². The van der Waals surface area contributed by atoms with Crippen molar-refractivity contribution < 1.29 is 23.1 Å². The van der Waals surface area contributed by atoms with Gasteiger partial charge in [-0.2, -0.15) is 0 Å². The molecule has 1 aliphatic rings. The number of carbonyl (C=O) groups excluding carboxylic acids is 1. The van der Waals surface area contributed by atoms with Crippen LogP contribution in [0.3, 0.4) is 0 Å². The van der Waals surface area contributed by atoms with E-state index in [1.807, 2.05) is 0 Å². The van der Waals surface area contributed by atoms with Gasteiger partial charge in [0.25, 0.3) is 6.47 Å². The first-order valence-corrected chi connectivity index (χ1v) is 9.11. The smallest absolute Gasteiger partial charge is 0.290 e. The highest BCUT2D eigenvalue weighted by Gasteiger charge is 2.23. The normalized spacial score (nSPS) is 18.4. The number of nitrogens with one attached hydrogen (secondary N) is 1. The average Bonchev–Trinajstić information content (AvgIpc) is 2.85. The molecule has 0 bridgehead atoms. The summed E-state index contributed by atoms with van der Waals surface area (Å²) in [4.78, 5) is 24.3. The third kappa shape index (κ3) is 9.69. The van der Waals surface area contributed by atoms with Gasteiger partial charge in [-0.25, -0.2) is 13.1 Å². The van der Waals surface area contributed by atoms with E-state index in [4.69, 9.17) is 9.90 Å². The van der Waals surface area contributed by atoms with Crippen LogP contribution in [0.15, 0.2) is 0 Å². The van der Waals surface area contributed by atoms with Crippen LogP contribution in [0.5, 0.6) is 0 Å². The van der Waals surface area contributed by atoms with Crippen molar-refractivity contribution in [1.29, 1.82) is 0 Å². The zero-order valence-corrected chi connectivity index (χ0v) is 14.3. The summed E-state index contributed by atoms with van der Waals surface area (Å²) < 4.78 is 24.1. The Balaban J connectivity index is 0.00000135. The van der Waals surface area contributed by atoms with Gasteiger partial charge in [-0.1, -0.05) is 6.92 Å². The minimum absolute atomic E-state index is 0.00824. The Hall–Kier alpha value is -1.19. The van der Waals surface area contributed by atoms with Crippen LogP contribution in [0.2, 0.25) is 0 Å². The predicted molar refractivity (Wildman–Crippen MR) is 84.0 cm³/mol. The maximum atomic E-state index is 11.8. The second-order valence-electron chi connectivity index (χ2n) is 5.34. The summed E-state index contributed by atoms with van der Waals surface area (Å²) in [6.45, 7) is 6.05. The molecule has 1 fully saturated rings. The molecule has 1 saturated heterocycles. The van der Waals surface area contributed by atoms with Crippen molar-refractivity contribution in [2.45, 2.75) is 19.8 Å². The third-order valence-corrected chi connectivity index (χ3v) is 4.21. The molecular weight excluding hydrogens is 310 g/mol. The van der Waals surface area contributed by atoms with Crippen LogP contribution in [-0.2, 0) is 19.6 Å². The minimum Gasteiger partial charge on any atom is -0.483 e. The number of amides is 1. The second kappa shape index (κ2) is 10.5. The highest BCUT2D eigenvalue weighted by molar-refractivity contribution is 7.88. The van der Waals surface area contributed by atoms with Gasteiger partial charge in [-0.3, -0.25) is 9.59 Å². The van der Waals surface area contributed by atoms with Gasteiger partial charge in [0.2, 0.25) is 15.9 Å². The number of hydrogen-bond acceptors (Lipinski definition) is 5. The SMILES string of the molecule is CCN1CCC(CN(C)C(=O)CCNS(C)(=O)=O)C1.O=CO. The summed E-state index contributed by atoms with van der Waals surface area (Å²) in [5.74, 6) is 0.530. The monoisotopic (exact) mass is 337 g/mol. The molecule has 1 unspecified atom stereocenters. The fourth-order valence-electron chi connectivity index (χ4n) is 2.37. The van der Waals surface area contributed by atoms with E-state index in [0.29, 0.717) is 5.92 Å². The number of likely N-dealkylation sites (tertiary alicyclic amines) is 1. The molecule has 1 aliphatic heterocycles. The first-order valence-electron chi connectivity index (χ1n) is 7.22. The number of sulfonamides is 1. The zero-order chi connectivity index (χ0) is 17.2. The summed E-state index contributed by atoms with van der Waals surface area (Å²) in [6.07, 6.45) is 2.44. The van der Waals surface area contributed by atoms with E-state index in [9.17, 15) is 13.2 Å². The molecule has 22 heavy (non-hydrogen) atoms. The molecule has 0 spiro atoms. The summed E-state index contributed by atoms with van der Waals surface area (Å²) >= 11 is 0. The van der Waals surface area contributed by atoms with Crippen molar-refractivity contribution in [3.05, 3.63) is 0 Å². The summed E-state index contributed by atoms with van der Waals surface area (Å²) in [5.41, 5.74) is 0. The van der Waals surface area contributed by atoms with E-state index in [2.05, 4.69) is 16.5 Å². The molecule has 2 N–H and O–H groups in total. The number of hydrogen-bond donors (Lipinski definition) is 2. The minimum atomic E-state index is -3.21. The molecular formula is C13H27N3O5S. The van der Waals surface area contributed by atoms with Gasteiger partial charge in [0.1, 0.15) is 0 Å². The predicted octanol–water partition coefficient (Wildman–Crippen LogP) is -0.573. The van der Waals surface area contributed by atoms with Crippen LogP contribution in [-0.4, -0.2) is 81.7 Å². The summed E-state index contributed by atoms with van der Waals surface area (Å²) in [5, 5.41) is 6.89. The number of carbonyl (C=O) groups is 2. The lowest BCUT2D eigenvalue weighted by molar-refractivity contribution is -0.130. The first-order chi connectivity index (χ1) is 10.2. The fraction of sp³-hybridized carbons (Fsp3) is 0.846. The number of carboxylic acid groups (broad SMARTS) is 1. The van der Waals surface area contributed by atoms with Gasteiger partial charge >= 0.3 is 0 Å². The molecule has 0 radical (unpaired) electrons. The largest absolute Gasteiger partial charge is 0.483 e. The van der Waals surface area contributed by atoms with Crippen LogP contribution in [0.25, 0.3) is 0 Å². The Morgan fingerprint density at radius 1 is 1.50 bits per heavy atom. The summed E-state index contributed by atoms with van der Waals surface area (Å²) in [6, 6.07) is 0. The van der Waals surface area contributed by atoms with Crippen molar-refractivity contribution in [3.8, 4) is 0 Å². The Morgan fingerprint density at radius 2 is 2.09 bits per heavy atom. The fourth-order valence-corrected chi connectivity index (χ4v) is 2.85. The quantitative estimate of drug-likeness (QED) is 0.602.